The number of carbonyl (C=O) groups excluding carboxylic acids is 1. The summed E-state index contributed by atoms with van der Waals surface area (Å²) in [6.07, 6.45) is 0.0186. The molecular formula is C8H16N2O2. The first-order chi connectivity index (χ1) is 5.65. The molecule has 1 atom stereocenters. The maximum Gasteiger partial charge on any atom is 0.248 e. The normalized spacial score (nSPS) is 25.2. The van der Waals surface area contributed by atoms with E-state index >= 15 is 0 Å². The predicted octanol–water partition coefficient (Wildman–Crippen LogP) is -0.419. The third-order valence-electron chi connectivity index (χ3n) is 2.05. The lowest BCUT2D eigenvalue weighted by molar-refractivity contribution is -0.150. The molecule has 1 aliphatic heterocycles. The van der Waals surface area contributed by atoms with Crippen LogP contribution in [0.4, 0.5) is 0 Å². The van der Waals surface area contributed by atoms with Crippen LogP contribution in [0, 0.1) is 0 Å². The Hall–Kier alpha value is -0.610. The Kier molecular flexibility index (Phi) is 3.05. The summed E-state index contributed by atoms with van der Waals surface area (Å²) in [7, 11) is 0. The highest BCUT2D eigenvalue weighted by Gasteiger charge is 2.26. The third-order valence-corrected chi connectivity index (χ3v) is 2.05. The van der Waals surface area contributed by atoms with Gasteiger partial charge in [0, 0.05) is 19.1 Å². The van der Waals surface area contributed by atoms with Crippen molar-refractivity contribution in [3.8, 4) is 0 Å². The monoisotopic (exact) mass is 172 g/mol. The molecule has 1 heterocycles. The Morgan fingerprint density at radius 2 is 2.42 bits per heavy atom. The van der Waals surface area contributed by atoms with E-state index in [9.17, 15) is 4.79 Å². The number of ether oxygens (including phenoxy) is 1. The van der Waals surface area contributed by atoms with Gasteiger partial charge < -0.3 is 15.4 Å². The van der Waals surface area contributed by atoms with E-state index in [0.717, 1.165) is 0 Å². The molecule has 2 N–H and O–H groups in total. The molecule has 4 nitrogen and oxygen atoms in total. The minimum absolute atomic E-state index is 0.0186. The van der Waals surface area contributed by atoms with Crippen LogP contribution < -0.4 is 5.73 Å². The van der Waals surface area contributed by atoms with Crippen molar-refractivity contribution in [3.05, 3.63) is 0 Å². The van der Waals surface area contributed by atoms with Crippen molar-refractivity contribution in [2.24, 2.45) is 5.73 Å². The molecule has 1 fully saturated rings. The lowest BCUT2D eigenvalue weighted by atomic mass is 10.2. The zero-order valence-electron chi connectivity index (χ0n) is 7.62. The highest BCUT2D eigenvalue weighted by atomic mass is 16.5. The van der Waals surface area contributed by atoms with Crippen molar-refractivity contribution in [2.75, 3.05) is 19.7 Å². The summed E-state index contributed by atoms with van der Waals surface area (Å²) in [4.78, 5) is 13.1. The molecule has 0 aliphatic carbocycles. The van der Waals surface area contributed by atoms with Gasteiger partial charge in [-0.2, -0.15) is 0 Å². The highest BCUT2D eigenvalue weighted by Crippen LogP contribution is 2.08. The van der Waals surface area contributed by atoms with Gasteiger partial charge in [0.1, 0.15) is 6.61 Å². The molecule has 1 unspecified atom stereocenters. The van der Waals surface area contributed by atoms with E-state index in [1.165, 1.54) is 0 Å². The van der Waals surface area contributed by atoms with Crippen LogP contribution in [0.25, 0.3) is 0 Å². The van der Waals surface area contributed by atoms with Crippen molar-refractivity contribution in [1.29, 1.82) is 0 Å². The maximum atomic E-state index is 11.3. The lowest BCUT2D eigenvalue weighted by Gasteiger charge is -2.34. The van der Waals surface area contributed by atoms with Gasteiger partial charge in [0.15, 0.2) is 0 Å². The molecular weight excluding hydrogens is 156 g/mol. The van der Waals surface area contributed by atoms with Crippen molar-refractivity contribution >= 4 is 5.91 Å². The summed E-state index contributed by atoms with van der Waals surface area (Å²) >= 11 is 0. The summed E-state index contributed by atoms with van der Waals surface area (Å²) in [5.41, 5.74) is 5.45. The predicted molar refractivity (Wildman–Crippen MR) is 45.6 cm³/mol. The van der Waals surface area contributed by atoms with Crippen LogP contribution in [0.5, 0.6) is 0 Å². The Morgan fingerprint density at radius 1 is 1.75 bits per heavy atom. The number of carbonyl (C=O) groups is 1. The maximum absolute atomic E-state index is 11.3. The first-order valence-electron chi connectivity index (χ1n) is 4.26. The smallest absolute Gasteiger partial charge is 0.248 e. The Morgan fingerprint density at radius 3 is 2.92 bits per heavy atom. The number of rotatable bonds is 2. The van der Waals surface area contributed by atoms with E-state index in [4.69, 9.17) is 10.5 Å². The van der Waals surface area contributed by atoms with Gasteiger partial charge in [-0.05, 0) is 13.8 Å². The number of morpholine rings is 1. The van der Waals surface area contributed by atoms with E-state index < -0.39 is 0 Å². The van der Waals surface area contributed by atoms with Gasteiger partial charge in [-0.1, -0.05) is 0 Å². The van der Waals surface area contributed by atoms with E-state index in [1.807, 2.05) is 13.8 Å². The molecule has 0 spiro atoms. The number of hydrogen-bond acceptors (Lipinski definition) is 3. The summed E-state index contributed by atoms with van der Waals surface area (Å²) in [6, 6.07) is 0.246. The summed E-state index contributed by atoms with van der Waals surface area (Å²) in [5.74, 6) is 0.0645. The molecule has 0 bridgehead atoms. The zero-order chi connectivity index (χ0) is 9.14. The first-order valence-corrected chi connectivity index (χ1v) is 4.26. The van der Waals surface area contributed by atoms with E-state index in [-0.39, 0.29) is 24.7 Å². The minimum atomic E-state index is 0.0186. The molecule has 1 saturated heterocycles. The molecule has 0 aromatic carbocycles. The number of amides is 1. The molecule has 0 radical (unpaired) electrons. The molecule has 0 aromatic rings. The van der Waals surface area contributed by atoms with Crippen molar-refractivity contribution in [1.82, 2.24) is 4.90 Å². The fraction of sp³-hybridized carbons (Fsp3) is 0.875. The Bertz CT molecular complexity index is 170. The lowest BCUT2D eigenvalue weighted by Crippen LogP contribution is -2.51. The van der Waals surface area contributed by atoms with Gasteiger partial charge in [-0.15, -0.1) is 0 Å². The van der Waals surface area contributed by atoms with Crippen LogP contribution in [-0.4, -0.2) is 42.6 Å². The van der Waals surface area contributed by atoms with Crippen LogP contribution in [0.2, 0.25) is 0 Å². The molecule has 12 heavy (non-hydrogen) atoms. The fourth-order valence-electron chi connectivity index (χ4n) is 1.29. The number of nitrogens with two attached hydrogens (primary N) is 1. The highest BCUT2D eigenvalue weighted by molar-refractivity contribution is 5.78. The number of nitrogens with zero attached hydrogens (tertiary/aromatic N) is 1. The molecule has 70 valence electrons. The Balaban J connectivity index is 2.53. The Labute approximate surface area is 72.7 Å². The van der Waals surface area contributed by atoms with Crippen LogP contribution >= 0.6 is 0 Å². The second-order valence-corrected chi connectivity index (χ2v) is 3.31. The van der Waals surface area contributed by atoms with Gasteiger partial charge in [0.2, 0.25) is 5.91 Å². The van der Waals surface area contributed by atoms with E-state index in [2.05, 4.69) is 0 Å². The third kappa shape index (κ3) is 1.95. The molecule has 1 amide bonds. The van der Waals surface area contributed by atoms with Crippen LogP contribution in [0.1, 0.15) is 13.8 Å². The molecule has 0 saturated carbocycles. The van der Waals surface area contributed by atoms with Crippen molar-refractivity contribution < 1.29 is 9.53 Å². The van der Waals surface area contributed by atoms with Gasteiger partial charge in [0.05, 0.1) is 6.10 Å². The molecule has 0 aromatic heterocycles. The van der Waals surface area contributed by atoms with Gasteiger partial charge in [-0.25, -0.2) is 0 Å². The summed E-state index contributed by atoms with van der Waals surface area (Å²) < 4.78 is 5.20. The van der Waals surface area contributed by atoms with Gasteiger partial charge in [-0.3, -0.25) is 4.79 Å². The number of hydrogen-bond donors (Lipinski definition) is 1. The van der Waals surface area contributed by atoms with Crippen molar-refractivity contribution in [3.63, 3.8) is 0 Å². The fourth-order valence-corrected chi connectivity index (χ4v) is 1.29. The molecule has 1 aliphatic rings. The summed E-state index contributed by atoms with van der Waals surface area (Å²) in [6.45, 7) is 5.29. The van der Waals surface area contributed by atoms with Crippen molar-refractivity contribution in [2.45, 2.75) is 26.0 Å². The summed E-state index contributed by atoms with van der Waals surface area (Å²) in [5, 5.41) is 0. The average Bonchev–Trinajstić information content (AvgIpc) is 2.05. The van der Waals surface area contributed by atoms with Gasteiger partial charge >= 0.3 is 0 Å². The second kappa shape index (κ2) is 3.87. The van der Waals surface area contributed by atoms with Gasteiger partial charge in [0.25, 0.3) is 0 Å². The quantitative estimate of drug-likeness (QED) is 0.615. The zero-order valence-corrected chi connectivity index (χ0v) is 7.62. The van der Waals surface area contributed by atoms with Crippen LogP contribution in [0.15, 0.2) is 0 Å². The molecule has 4 heteroatoms. The molecule has 1 rings (SSSR count). The minimum Gasteiger partial charge on any atom is -0.365 e. The average molecular weight is 172 g/mol. The standard InChI is InChI=1S/C8H16N2O2/c1-6(2)10-4-7(3-9)12-5-8(10)11/h6-7H,3-5,9H2,1-2H3. The topological polar surface area (TPSA) is 55.6 Å². The van der Waals surface area contributed by atoms with E-state index in [1.54, 1.807) is 4.90 Å². The SMILES string of the molecule is CC(C)N1CC(CN)OCC1=O. The second-order valence-electron chi connectivity index (χ2n) is 3.31. The van der Waals surface area contributed by atoms with Crippen LogP contribution in [0.3, 0.4) is 0 Å². The first kappa shape index (κ1) is 9.48. The van der Waals surface area contributed by atoms with E-state index in [0.29, 0.717) is 13.1 Å². The van der Waals surface area contributed by atoms with Crippen LogP contribution in [-0.2, 0) is 9.53 Å². The largest absolute Gasteiger partial charge is 0.365 e.